The predicted molar refractivity (Wildman–Crippen MR) is 141 cm³/mol. The van der Waals surface area contributed by atoms with Gasteiger partial charge in [0, 0.05) is 11.1 Å². The minimum atomic E-state index is 0. The second-order valence-electron chi connectivity index (χ2n) is 8.90. The number of nitrogens with zero attached hydrogens (tertiary/aromatic N) is 1. The normalized spacial score (nSPS) is 18.1. The van der Waals surface area contributed by atoms with Crippen LogP contribution in [0.4, 0.5) is 0 Å². The molecule has 0 bridgehead atoms. The van der Waals surface area contributed by atoms with Gasteiger partial charge >= 0.3 is 0 Å². The van der Waals surface area contributed by atoms with Crippen molar-refractivity contribution in [1.29, 1.82) is 0 Å². The van der Waals surface area contributed by atoms with Gasteiger partial charge in [-0.1, -0.05) is 110 Å². The molecule has 1 saturated heterocycles. The second-order valence-corrected chi connectivity index (χ2v) is 8.90. The highest BCUT2D eigenvalue weighted by atomic mass is 15.2. The van der Waals surface area contributed by atoms with Gasteiger partial charge in [0.15, 0.2) is 0 Å². The van der Waals surface area contributed by atoms with Gasteiger partial charge in [-0.25, -0.2) is 0 Å². The summed E-state index contributed by atoms with van der Waals surface area (Å²) in [6.45, 7) is 22.7. The first-order valence-corrected chi connectivity index (χ1v) is 10.8. The molecule has 0 saturated carbocycles. The molecule has 1 rings (SSSR count). The molecule has 0 radical (unpaired) electrons. The number of hydrogen-bond acceptors (Lipinski definition) is 1. The van der Waals surface area contributed by atoms with Gasteiger partial charge in [0.2, 0.25) is 0 Å². The average Bonchev–Trinajstić information content (AvgIpc) is 2.52. The third-order valence-corrected chi connectivity index (χ3v) is 5.84. The predicted octanol–water partition coefficient (Wildman–Crippen LogP) is 10.5. The Morgan fingerprint density at radius 2 is 1.21 bits per heavy atom. The van der Waals surface area contributed by atoms with E-state index < -0.39 is 0 Å². The highest BCUT2D eigenvalue weighted by Crippen LogP contribution is 2.41. The summed E-state index contributed by atoms with van der Waals surface area (Å²) >= 11 is 0. The maximum atomic E-state index is 2.56. The van der Waals surface area contributed by atoms with Gasteiger partial charge in [0.1, 0.15) is 0 Å². The van der Waals surface area contributed by atoms with Gasteiger partial charge in [-0.05, 0) is 59.4 Å². The van der Waals surface area contributed by atoms with E-state index in [1.165, 1.54) is 51.4 Å². The number of piperidine rings is 1. The van der Waals surface area contributed by atoms with E-state index in [-0.39, 0.29) is 29.7 Å². The monoisotopic (exact) mass is 406 g/mol. The quantitative estimate of drug-likeness (QED) is 0.424. The molecule has 0 N–H and O–H groups in total. The number of rotatable bonds is 6. The lowest BCUT2D eigenvalue weighted by atomic mass is 9.73. The van der Waals surface area contributed by atoms with Gasteiger partial charge in [-0.2, -0.15) is 0 Å². The molecule has 1 atom stereocenters. The van der Waals surface area contributed by atoms with Crippen LogP contribution in [0.1, 0.15) is 150 Å². The van der Waals surface area contributed by atoms with E-state index in [1.54, 1.807) is 0 Å². The van der Waals surface area contributed by atoms with Crippen LogP contribution in [0, 0.1) is 11.8 Å². The lowest BCUT2D eigenvalue weighted by molar-refractivity contribution is -0.0317. The van der Waals surface area contributed by atoms with Crippen molar-refractivity contribution >= 4 is 0 Å². The summed E-state index contributed by atoms with van der Waals surface area (Å²) in [6, 6.07) is 0. The summed E-state index contributed by atoms with van der Waals surface area (Å²) < 4.78 is 0. The minimum absolute atomic E-state index is 0. The third-order valence-electron chi connectivity index (χ3n) is 5.84. The molecule has 1 aliphatic heterocycles. The third kappa shape index (κ3) is 16.9. The lowest BCUT2D eigenvalue weighted by Crippen LogP contribution is -2.58. The maximum Gasteiger partial charge on any atom is 0.0158 e. The molecule has 1 heteroatoms. The molecule has 180 valence electrons. The molecular weight excluding hydrogens is 338 g/mol. The summed E-state index contributed by atoms with van der Waals surface area (Å²) in [5.74, 6) is 1.89. The minimum Gasteiger partial charge on any atom is -0.296 e. The van der Waals surface area contributed by atoms with Crippen molar-refractivity contribution < 1.29 is 0 Å². The molecule has 0 spiro atoms. The summed E-state index contributed by atoms with van der Waals surface area (Å²) in [7, 11) is 2.28. The zero-order chi connectivity index (χ0) is 19.4. The van der Waals surface area contributed by atoms with Crippen molar-refractivity contribution in [2.24, 2.45) is 11.8 Å². The summed E-state index contributed by atoms with van der Waals surface area (Å²) in [4.78, 5) is 2.56. The van der Waals surface area contributed by atoms with Crippen LogP contribution in [0.25, 0.3) is 0 Å². The fourth-order valence-electron chi connectivity index (χ4n) is 3.95. The Kier molecular flexibility index (Phi) is 32.6. The fourth-order valence-corrected chi connectivity index (χ4v) is 3.95. The van der Waals surface area contributed by atoms with Crippen LogP contribution < -0.4 is 0 Å². The van der Waals surface area contributed by atoms with Gasteiger partial charge in [-0.3, -0.25) is 4.90 Å². The van der Waals surface area contributed by atoms with Crippen LogP contribution in [0.3, 0.4) is 0 Å². The van der Waals surface area contributed by atoms with Crippen LogP contribution in [0.5, 0.6) is 0 Å². The molecule has 0 aliphatic carbocycles. The van der Waals surface area contributed by atoms with Gasteiger partial charge < -0.3 is 0 Å². The maximum absolute atomic E-state index is 2.56. The zero-order valence-electron chi connectivity index (χ0n) is 19.3. The number of likely N-dealkylation sites (tertiary alicyclic amines) is 1. The Balaban J connectivity index is -0.0000000764. The molecule has 28 heavy (non-hydrogen) atoms. The Labute approximate surface area is 185 Å². The van der Waals surface area contributed by atoms with E-state index in [0.717, 1.165) is 11.8 Å². The molecule has 1 fully saturated rings. The van der Waals surface area contributed by atoms with E-state index in [9.17, 15) is 0 Å². The first-order chi connectivity index (χ1) is 11.1. The van der Waals surface area contributed by atoms with Crippen molar-refractivity contribution in [2.45, 2.75) is 161 Å². The standard InChI is InChI=1S/C13H27N.C8H18.C2H6.4CH4/c1-7-8-11-9-12(2,3)14(6)13(4,5)10-11;1-4-6-7-8(3)5-2;1-2;;;;/h11H,7-10H2,1-6H3;8H,4-7H2,1-3H3;1-2H3;4*1H4. The first kappa shape index (κ1) is 42.1. The summed E-state index contributed by atoms with van der Waals surface area (Å²) in [5, 5.41) is 0. The van der Waals surface area contributed by atoms with E-state index in [0.29, 0.717) is 11.1 Å². The summed E-state index contributed by atoms with van der Waals surface area (Å²) in [5.41, 5.74) is 0.753. The molecule has 0 aromatic carbocycles. The topological polar surface area (TPSA) is 3.24 Å². The van der Waals surface area contributed by atoms with E-state index >= 15 is 0 Å². The van der Waals surface area contributed by atoms with Crippen LogP contribution in [0.15, 0.2) is 0 Å². The van der Waals surface area contributed by atoms with Crippen LogP contribution in [-0.4, -0.2) is 23.0 Å². The smallest absolute Gasteiger partial charge is 0.0158 e. The van der Waals surface area contributed by atoms with Crippen LogP contribution >= 0.6 is 0 Å². The molecule has 1 aliphatic rings. The zero-order valence-corrected chi connectivity index (χ0v) is 19.3. The fraction of sp³-hybridized carbons (Fsp3) is 1.00. The van der Waals surface area contributed by atoms with Crippen molar-refractivity contribution in [3.05, 3.63) is 0 Å². The van der Waals surface area contributed by atoms with E-state index in [4.69, 9.17) is 0 Å². The molecule has 0 amide bonds. The van der Waals surface area contributed by atoms with Gasteiger partial charge in [0.05, 0.1) is 0 Å². The van der Waals surface area contributed by atoms with Crippen molar-refractivity contribution in [1.82, 2.24) is 4.90 Å². The largest absolute Gasteiger partial charge is 0.296 e. The Morgan fingerprint density at radius 1 is 0.821 bits per heavy atom. The Hall–Kier alpha value is -0.0400. The molecule has 1 unspecified atom stereocenters. The van der Waals surface area contributed by atoms with Crippen LogP contribution in [0.2, 0.25) is 0 Å². The molecule has 0 aromatic heterocycles. The highest BCUT2D eigenvalue weighted by Gasteiger charge is 2.42. The average molecular weight is 406 g/mol. The van der Waals surface area contributed by atoms with E-state index in [2.05, 4.69) is 67.3 Å². The summed E-state index contributed by atoms with van der Waals surface area (Å²) in [6.07, 6.45) is 11.0. The highest BCUT2D eigenvalue weighted by molar-refractivity contribution is 4.97. The number of unbranched alkanes of at least 4 members (excludes halogenated alkanes) is 1. The lowest BCUT2D eigenvalue weighted by Gasteiger charge is -2.53. The second kappa shape index (κ2) is 21.7. The van der Waals surface area contributed by atoms with Gasteiger partial charge in [-0.15, -0.1) is 0 Å². The number of hydrogen-bond donors (Lipinski definition) is 0. The Morgan fingerprint density at radius 3 is 1.50 bits per heavy atom. The molecule has 0 aromatic rings. The van der Waals surface area contributed by atoms with Crippen molar-refractivity contribution in [3.63, 3.8) is 0 Å². The van der Waals surface area contributed by atoms with Crippen LogP contribution in [-0.2, 0) is 0 Å². The Bertz CT molecular complexity index is 262. The molecular formula is C27H67N. The van der Waals surface area contributed by atoms with Crippen molar-refractivity contribution in [2.75, 3.05) is 7.05 Å². The SMILES string of the molecule is C.C.C.C.CC.CCCC1CC(C)(C)N(C)C(C)(C)C1.CCCCC(C)CC. The molecule has 1 heterocycles. The van der Waals surface area contributed by atoms with Crippen molar-refractivity contribution in [3.8, 4) is 0 Å². The van der Waals surface area contributed by atoms with E-state index in [1.807, 2.05) is 13.8 Å². The molecule has 1 nitrogen and oxygen atoms in total. The van der Waals surface area contributed by atoms with Gasteiger partial charge in [0.25, 0.3) is 0 Å². The first-order valence-electron chi connectivity index (χ1n) is 10.8.